The third kappa shape index (κ3) is 3.66. The molecule has 0 spiro atoms. The minimum Gasteiger partial charge on any atom is -0.279 e. The molecule has 0 bridgehead atoms. The number of nitrogens with one attached hydrogen (secondary N) is 1. The van der Waals surface area contributed by atoms with Crippen molar-refractivity contribution < 1.29 is 8.42 Å². The quantitative estimate of drug-likeness (QED) is 0.500. The summed E-state index contributed by atoms with van der Waals surface area (Å²) in [5, 5.41) is 0.523. The molecule has 0 saturated heterocycles. The molecule has 0 saturated carbocycles. The van der Waals surface area contributed by atoms with Crippen LogP contribution in [0, 0.1) is 13.8 Å². The number of rotatable bonds is 4. The van der Waals surface area contributed by atoms with E-state index in [2.05, 4.69) is 9.71 Å². The van der Waals surface area contributed by atoms with Crippen LogP contribution >= 0.6 is 22.9 Å². The summed E-state index contributed by atoms with van der Waals surface area (Å²) in [7, 11) is -3.73. The van der Waals surface area contributed by atoms with E-state index in [1.165, 1.54) is 10.6 Å². The van der Waals surface area contributed by atoms with E-state index in [-0.39, 0.29) is 9.77 Å². The SMILES string of the molecule is Cc1cc(-n2c(C)nc3ccccc3c2=O)ccc1NS(=O)(=O)c1ccc(Cl)s1. The molecular weight excluding hydrogens is 430 g/mol. The maximum Gasteiger partial charge on any atom is 0.271 e. The molecule has 0 radical (unpaired) electrons. The average Bonchev–Trinajstić information content (AvgIpc) is 3.11. The van der Waals surface area contributed by atoms with Crippen LogP contribution in [0.3, 0.4) is 0 Å². The first-order chi connectivity index (χ1) is 13.8. The fourth-order valence-corrected chi connectivity index (χ4v) is 5.70. The molecule has 9 heteroatoms. The second kappa shape index (κ2) is 7.29. The summed E-state index contributed by atoms with van der Waals surface area (Å²) in [6.45, 7) is 3.54. The van der Waals surface area contributed by atoms with Crippen LogP contribution in [-0.2, 0) is 10.0 Å². The molecule has 2 aromatic heterocycles. The van der Waals surface area contributed by atoms with Gasteiger partial charge in [-0.2, -0.15) is 0 Å². The maximum absolute atomic E-state index is 13.0. The Balaban J connectivity index is 1.75. The van der Waals surface area contributed by atoms with Crippen molar-refractivity contribution in [3.63, 3.8) is 0 Å². The molecular formula is C20H16ClN3O3S2. The van der Waals surface area contributed by atoms with Gasteiger partial charge in [0.05, 0.1) is 26.6 Å². The smallest absolute Gasteiger partial charge is 0.271 e. The van der Waals surface area contributed by atoms with Crippen LogP contribution in [0.1, 0.15) is 11.4 Å². The fraction of sp³-hybridized carbons (Fsp3) is 0.100. The number of benzene rings is 2. The molecule has 4 aromatic rings. The minimum absolute atomic E-state index is 0.136. The number of hydrogen-bond donors (Lipinski definition) is 1. The van der Waals surface area contributed by atoms with Gasteiger partial charge in [-0.15, -0.1) is 11.3 Å². The van der Waals surface area contributed by atoms with Crippen LogP contribution in [-0.4, -0.2) is 18.0 Å². The highest BCUT2D eigenvalue weighted by atomic mass is 35.5. The first-order valence-corrected chi connectivity index (χ1v) is 11.3. The van der Waals surface area contributed by atoms with Gasteiger partial charge in [0.25, 0.3) is 15.6 Å². The average molecular weight is 446 g/mol. The Bertz CT molecular complexity index is 1410. The van der Waals surface area contributed by atoms with E-state index in [4.69, 9.17) is 11.6 Å². The zero-order valence-corrected chi connectivity index (χ0v) is 17.9. The van der Waals surface area contributed by atoms with E-state index in [1.807, 2.05) is 6.07 Å². The Morgan fingerprint density at radius 3 is 2.52 bits per heavy atom. The van der Waals surface area contributed by atoms with Gasteiger partial charge in [-0.25, -0.2) is 13.4 Å². The molecule has 0 aliphatic carbocycles. The lowest BCUT2D eigenvalue weighted by Crippen LogP contribution is -2.22. The second-order valence-electron chi connectivity index (χ2n) is 6.48. The van der Waals surface area contributed by atoms with Gasteiger partial charge in [-0.1, -0.05) is 23.7 Å². The molecule has 0 aliphatic heterocycles. The van der Waals surface area contributed by atoms with Gasteiger partial charge < -0.3 is 0 Å². The molecule has 29 heavy (non-hydrogen) atoms. The lowest BCUT2D eigenvalue weighted by atomic mass is 10.1. The molecule has 0 atom stereocenters. The highest BCUT2D eigenvalue weighted by Gasteiger charge is 2.18. The summed E-state index contributed by atoms with van der Waals surface area (Å²) in [6.07, 6.45) is 0. The second-order valence-corrected chi connectivity index (χ2v) is 10.1. The molecule has 2 aromatic carbocycles. The van der Waals surface area contributed by atoms with E-state index in [0.717, 1.165) is 11.3 Å². The third-order valence-electron chi connectivity index (χ3n) is 4.47. The minimum atomic E-state index is -3.73. The molecule has 1 N–H and O–H groups in total. The van der Waals surface area contributed by atoms with Crippen LogP contribution in [0.5, 0.6) is 0 Å². The molecule has 0 unspecified atom stereocenters. The van der Waals surface area contributed by atoms with Crippen LogP contribution in [0.2, 0.25) is 4.34 Å². The highest BCUT2D eigenvalue weighted by Crippen LogP contribution is 2.28. The van der Waals surface area contributed by atoms with Gasteiger partial charge in [0.1, 0.15) is 10.0 Å². The van der Waals surface area contributed by atoms with Gasteiger partial charge in [0.15, 0.2) is 0 Å². The van der Waals surface area contributed by atoms with Gasteiger partial charge in [0.2, 0.25) is 0 Å². The standard InChI is InChI=1S/C20H16ClN3O3S2/c1-12-11-14(24-13(2)22-17-6-4-3-5-15(17)20(24)25)7-8-16(12)23-29(26,27)19-10-9-18(21)28-19/h3-11,23H,1-2H3. The van der Waals surface area contributed by atoms with E-state index in [0.29, 0.717) is 38.0 Å². The number of anilines is 1. The number of halogens is 1. The summed E-state index contributed by atoms with van der Waals surface area (Å²) in [5.41, 5.74) is 2.19. The van der Waals surface area contributed by atoms with E-state index >= 15 is 0 Å². The summed E-state index contributed by atoms with van der Waals surface area (Å²) >= 11 is 6.83. The van der Waals surface area contributed by atoms with Crippen molar-refractivity contribution in [3.8, 4) is 5.69 Å². The number of sulfonamides is 1. The van der Waals surface area contributed by atoms with Crippen LogP contribution in [0.4, 0.5) is 5.69 Å². The summed E-state index contributed by atoms with van der Waals surface area (Å²) in [5.74, 6) is 0.551. The normalized spacial score (nSPS) is 11.7. The van der Waals surface area contributed by atoms with Gasteiger partial charge in [-0.05, 0) is 61.9 Å². The van der Waals surface area contributed by atoms with Gasteiger partial charge >= 0.3 is 0 Å². The molecule has 4 rings (SSSR count). The predicted molar refractivity (Wildman–Crippen MR) is 117 cm³/mol. The van der Waals surface area contributed by atoms with Crippen molar-refractivity contribution in [2.24, 2.45) is 0 Å². The van der Waals surface area contributed by atoms with Crippen molar-refractivity contribution in [1.82, 2.24) is 9.55 Å². The lowest BCUT2D eigenvalue weighted by molar-refractivity contribution is 0.603. The summed E-state index contributed by atoms with van der Waals surface area (Å²) in [6, 6.07) is 15.3. The van der Waals surface area contributed by atoms with Crippen molar-refractivity contribution in [2.75, 3.05) is 4.72 Å². The predicted octanol–water partition coefficient (Wildman–Crippen LogP) is 4.52. The Hall–Kier alpha value is -2.68. The number of nitrogens with zero attached hydrogens (tertiary/aromatic N) is 2. The van der Waals surface area contributed by atoms with Crippen LogP contribution < -0.4 is 10.3 Å². The maximum atomic E-state index is 13.0. The lowest BCUT2D eigenvalue weighted by Gasteiger charge is -2.14. The molecule has 0 aliphatic rings. The molecule has 148 valence electrons. The number of aryl methyl sites for hydroxylation is 2. The van der Waals surface area contributed by atoms with Crippen LogP contribution in [0.15, 0.2) is 63.6 Å². The molecule has 0 amide bonds. The first kappa shape index (κ1) is 19.6. The number of thiophene rings is 1. The number of fused-ring (bicyclic) bond motifs is 1. The summed E-state index contributed by atoms with van der Waals surface area (Å²) in [4.78, 5) is 17.5. The largest absolute Gasteiger partial charge is 0.279 e. The van der Waals surface area contributed by atoms with Crippen molar-refractivity contribution in [2.45, 2.75) is 18.1 Å². The van der Waals surface area contributed by atoms with Crippen molar-refractivity contribution >= 4 is 49.6 Å². The third-order valence-corrected chi connectivity index (χ3v) is 7.56. The van der Waals surface area contributed by atoms with Gasteiger partial charge in [-0.3, -0.25) is 14.1 Å². The molecule has 2 heterocycles. The molecule has 6 nitrogen and oxygen atoms in total. The highest BCUT2D eigenvalue weighted by molar-refractivity contribution is 7.94. The Kier molecular flexibility index (Phi) is 4.94. The molecule has 0 fully saturated rings. The Labute approximate surface area is 176 Å². The number of aromatic nitrogens is 2. The van der Waals surface area contributed by atoms with Crippen molar-refractivity contribution in [3.05, 3.63) is 80.7 Å². The topological polar surface area (TPSA) is 81.1 Å². The van der Waals surface area contributed by atoms with E-state index < -0.39 is 10.0 Å². The number of hydrogen-bond acceptors (Lipinski definition) is 5. The van der Waals surface area contributed by atoms with Crippen LogP contribution in [0.25, 0.3) is 16.6 Å². The first-order valence-electron chi connectivity index (χ1n) is 8.64. The Morgan fingerprint density at radius 1 is 1.07 bits per heavy atom. The zero-order chi connectivity index (χ0) is 20.8. The summed E-state index contributed by atoms with van der Waals surface area (Å²) < 4.78 is 29.7. The number of para-hydroxylation sites is 1. The fourth-order valence-electron chi connectivity index (χ4n) is 3.09. The van der Waals surface area contributed by atoms with Crippen molar-refractivity contribution in [1.29, 1.82) is 0 Å². The Morgan fingerprint density at radius 2 is 1.83 bits per heavy atom. The monoisotopic (exact) mass is 445 g/mol. The van der Waals surface area contributed by atoms with Gasteiger partial charge in [0, 0.05) is 0 Å². The van der Waals surface area contributed by atoms with E-state index in [9.17, 15) is 13.2 Å². The zero-order valence-electron chi connectivity index (χ0n) is 15.5. The van der Waals surface area contributed by atoms with E-state index in [1.54, 1.807) is 56.3 Å².